The first-order chi connectivity index (χ1) is 10.9. The molecule has 2 N–H and O–H groups in total. The Morgan fingerprint density at radius 3 is 2.61 bits per heavy atom. The Kier molecular flexibility index (Phi) is 5.15. The summed E-state index contributed by atoms with van der Waals surface area (Å²) in [7, 11) is 0. The molecule has 8 heteroatoms. The highest BCUT2D eigenvalue weighted by Crippen LogP contribution is 2.27. The topological polar surface area (TPSA) is 116 Å². The molecule has 23 heavy (non-hydrogen) atoms. The number of benzene rings is 1. The third-order valence-corrected chi connectivity index (χ3v) is 3.91. The van der Waals surface area contributed by atoms with Crippen molar-refractivity contribution in [3.63, 3.8) is 0 Å². The van der Waals surface area contributed by atoms with E-state index in [0.29, 0.717) is 25.9 Å². The summed E-state index contributed by atoms with van der Waals surface area (Å²) in [6, 6.07) is 4.57. The van der Waals surface area contributed by atoms with Crippen molar-refractivity contribution >= 4 is 17.5 Å². The Hall–Kier alpha value is -2.64. The molecule has 124 valence electrons. The van der Waals surface area contributed by atoms with Crippen LogP contribution >= 0.6 is 0 Å². The van der Waals surface area contributed by atoms with Gasteiger partial charge in [-0.15, -0.1) is 0 Å². The van der Waals surface area contributed by atoms with Crippen LogP contribution in [0.15, 0.2) is 18.2 Å². The van der Waals surface area contributed by atoms with Gasteiger partial charge in [-0.2, -0.15) is 0 Å². The van der Waals surface area contributed by atoms with E-state index in [1.165, 1.54) is 12.1 Å². The number of ether oxygens (including phenoxy) is 1. The lowest BCUT2D eigenvalue weighted by Crippen LogP contribution is -2.43. The van der Waals surface area contributed by atoms with Crippen LogP contribution in [0.25, 0.3) is 0 Å². The lowest BCUT2D eigenvalue weighted by atomic mass is 9.96. The number of nitro benzene ring substituents is 1. The Balaban J connectivity index is 1.93. The number of nitrogens with zero attached hydrogens (tertiary/aromatic N) is 2. The fraction of sp³-hybridized carbons (Fsp3) is 0.467. The fourth-order valence-corrected chi connectivity index (χ4v) is 2.54. The molecule has 1 aliphatic heterocycles. The number of rotatable bonds is 5. The van der Waals surface area contributed by atoms with Gasteiger partial charge in [0.15, 0.2) is 12.4 Å². The highest BCUT2D eigenvalue weighted by molar-refractivity contribution is 5.79. The van der Waals surface area contributed by atoms with Crippen molar-refractivity contribution in [2.24, 2.45) is 11.7 Å². The number of carbonyl (C=O) groups is 2. The predicted molar refractivity (Wildman–Crippen MR) is 81.8 cm³/mol. The largest absolute Gasteiger partial charge is 0.477 e. The second-order valence-electron chi connectivity index (χ2n) is 5.57. The number of piperidine rings is 1. The SMILES string of the molecule is Cc1ccc(OCC(=O)N2CCC(C(N)=O)CC2)c([N+](=O)[O-])c1. The molecule has 2 rings (SSSR count). The Morgan fingerprint density at radius 2 is 2.04 bits per heavy atom. The summed E-state index contributed by atoms with van der Waals surface area (Å²) in [6.07, 6.45) is 1.07. The first-order valence-corrected chi connectivity index (χ1v) is 7.33. The van der Waals surface area contributed by atoms with E-state index >= 15 is 0 Å². The van der Waals surface area contributed by atoms with E-state index in [-0.39, 0.29) is 35.8 Å². The zero-order valence-corrected chi connectivity index (χ0v) is 12.9. The zero-order chi connectivity index (χ0) is 17.0. The zero-order valence-electron chi connectivity index (χ0n) is 12.9. The van der Waals surface area contributed by atoms with Gasteiger partial charge in [-0.05, 0) is 31.4 Å². The first kappa shape index (κ1) is 16.7. The number of amides is 2. The smallest absolute Gasteiger partial charge is 0.311 e. The standard InChI is InChI=1S/C15H19N3O5/c1-10-2-3-13(12(8-10)18(21)22)23-9-14(19)17-6-4-11(5-7-17)15(16)20/h2-3,8,11H,4-7,9H2,1H3,(H2,16,20). The normalized spacial score (nSPS) is 15.3. The fourth-order valence-electron chi connectivity index (χ4n) is 2.54. The molecule has 1 aliphatic rings. The molecule has 1 saturated heterocycles. The molecular formula is C15H19N3O5. The van der Waals surface area contributed by atoms with E-state index in [9.17, 15) is 19.7 Å². The van der Waals surface area contributed by atoms with Gasteiger partial charge in [0.25, 0.3) is 5.91 Å². The summed E-state index contributed by atoms with van der Waals surface area (Å²) >= 11 is 0. The van der Waals surface area contributed by atoms with Gasteiger partial charge < -0.3 is 15.4 Å². The molecular weight excluding hydrogens is 302 g/mol. The maximum atomic E-state index is 12.1. The van der Waals surface area contributed by atoms with Crippen molar-refractivity contribution in [3.05, 3.63) is 33.9 Å². The summed E-state index contributed by atoms with van der Waals surface area (Å²) in [6.45, 7) is 2.34. The monoisotopic (exact) mass is 321 g/mol. The van der Waals surface area contributed by atoms with Crippen molar-refractivity contribution in [2.45, 2.75) is 19.8 Å². The predicted octanol–water partition coefficient (Wildman–Crippen LogP) is 1.01. The molecule has 0 bridgehead atoms. The molecule has 0 unspecified atom stereocenters. The number of hydrogen-bond acceptors (Lipinski definition) is 5. The molecule has 0 saturated carbocycles. The van der Waals surface area contributed by atoms with Crippen LogP contribution in [-0.4, -0.2) is 41.3 Å². The average molecular weight is 321 g/mol. The van der Waals surface area contributed by atoms with Gasteiger partial charge in [-0.25, -0.2) is 0 Å². The molecule has 8 nitrogen and oxygen atoms in total. The van der Waals surface area contributed by atoms with E-state index in [0.717, 1.165) is 5.56 Å². The Labute approximate surface area is 133 Å². The molecule has 1 aromatic rings. The van der Waals surface area contributed by atoms with Crippen molar-refractivity contribution in [2.75, 3.05) is 19.7 Å². The Bertz CT molecular complexity index is 624. The minimum absolute atomic E-state index is 0.0703. The van der Waals surface area contributed by atoms with E-state index in [2.05, 4.69) is 0 Å². The van der Waals surface area contributed by atoms with Gasteiger partial charge >= 0.3 is 5.69 Å². The van der Waals surface area contributed by atoms with Gasteiger partial charge in [0.05, 0.1) is 4.92 Å². The molecule has 0 aliphatic carbocycles. The van der Waals surface area contributed by atoms with Crippen LogP contribution in [0.1, 0.15) is 18.4 Å². The van der Waals surface area contributed by atoms with Gasteiger partial charge in [-0.1, -0.05) is 6.07 Å². The van der Waals surface area contributed by atoms with Gasteiger partial charge in [0.1, 0.15) is 0 Å². The van der Waals surface area contributed by atoms with Crippen LogP contribution in [0.4, 0.5) is 5.69 Å². The second kappa shape index (κ2) is 7.08. The van der Waals surface area contributed by atoms with E-state index in [1.54, 1.807) is 17.9 Å². The summed E-state index contributed by atoms with van der Waals surface area (Å²) in [4.78, 5) is 35.3. The molecule has 0 aromatic heterocycles. The third-order valence-electron chi connectivity index (χ3n) is 3.91. The molecule has 0 atom stereocenters. The van der Waals surface area contributed by atoms with Crippen LogP contribution in [0.2, 0.25) is 0 Å². The van der Waals surface area contributed by atoms with E-state index in [4.69, 9.17) is 10.5 Å². The lowest BCUT2D eigenvalue weighted by Gasteiger charge is -2.30. The molecule has 1 fully saturated rings. The number of carbonyl (C=O) groups excluding carboxylic acids is 2. The second-order valence-corrected chi connectivity index (χ2v) is 5.57. The highest BCUT2D eigenvalue weighted by atomic mass is 16.6. The summed E-state index contributed by atoms with van der Waals surface area (Å²) in [5, 5.41) is 11.0. The number of likely N-dealkylation sites (tertiary alicyclic amines) is 1. The van der Waals surface area contributed by atoms with Crippen molar-refractivity contribution < 1.29 is 19.2 Å². The molecule has 1 heterocycles. The van der Waals surface area contributed by atoms with Crippen LogP contribution < -0.4 is 10.5 Å². The number of nitro groups is 1. The first-order valence-electron chi connectivity index (χ1n) is 7.33. The van der Waals surface area contributed by atoms with Crippen LogP contribution in [0, 0.1) is 23.0 Å². The number of aryl methyl sites for hydroxylation is 1. The summed E-state index contributed by atoms with van der Waals surface area (Å²) in [5.41, 5.74) is 5.83. The third kappa shape index (κ3) is 4.18. The van der Waals surface area contributed by atoms with E-state index in [1.807, 2.05) is 0 Å². The van der Waals surface area contributed by atoms with Gasteiger partial charge in [-0.3, -0.25) is 19.7 Å². The van der Waals surface area contributed by atoms with Gasteiger partial charge in [0.2, 0.25) is 5.91 Å². The maximum Gasteiger partial charge on any atom is 0.311 e. The quantitative estimate of drug-likeness (QED) is 0.641. The molecule has 0 spiro atoms. The van der Waals surface area contributed by atoms with Crippen LogP contribution in [0.5, 0.6) is 5.75 Å². The van der Waals surface area contributed by atoms with Crippen LogP contribution in [-0.2, 0) is 9.59 Å². The van der Waals surface area contributed by atoms with E-state index < -0.39 is 4.92 Å². The summed E-state index contributed by atoms with van der Waals surface area (Å²) in [5.74, 6) is -0.731. The number of nitrogens with two attached hydrogens (primary N) is 1. The minimum atomic E-state index is -0.537. The number of hydrogen-bond donors (Lipinski definition) is 1. The molecule has 0 radical (unpaired) electrons. The number of primary amides is 1. The van der Waals surface area contributed by atoms with Crippen molar-refractivity contribution in [1.82, 2.24) is 4.90 Å². The Morgan fingerprint density at radius 1 is 1.39 bits per heavy atom. The minimum Gasteiger partial charge on any atom is -0.477 e. The van der Waals surface area contributed by atoms with Crippen LogP contribution in [0.3, 0.4) is 0 Å². The molecule has 1 aromatic carbocycles. The lowest BCUT2D eigenvalue weighted by molar-refractivity contribution is -0.385. The van der Waals surface area contributed by atoms with Crippen molar-refractivity contribution in [1.29, 1.82) is 0 Å². The maximum absolute atomic E-state index is 12.1. The van der Waals surface area contributed by atoms with Gasteiger partial charge in [0, 0.05) is 25.1 Å². The average Bonchev–Trinajstić information content (AvgIpc) is 2.53. The highest BCUT2D eigenvalue weighted by Gasteiger charge is 2.26. The summed E-state index contributed by atoms with van der Waals surface area (Å²) < 4.78 is 5.32. The van der Waals surface area contributed by atoms with Crippen molar-refractivity contribution in [3.8, 4) is 5.75 Å². The molecule has 2 amide bonds.